The van der Waals surface area contributed by atoms with Crippen LogP contribution < -0.4 is 0 Å². The molecular formula is C5H10OSe. The Morgan fingerprint density at radius 1 is 1.71 bits per heavy atom. The van der Waals surface area contributed by atoms with E-state index in [1.165, 1.54) is 0 Å². The van der Waals surface area contributed by atoms with E-state index in [0.717, 1.165) is 10.6 Å². The van der Waals surface area contributed by atoms with E-state index in [1.54, 1.807) is 0 Å². The average molecular weight is 165 g/mol. The molecule has 0 spiro atoms. The molecule has 2 heteroatoms. The van der Waals surface area contributed by atoms with Crippen LogP contribution in [0.4, 0.5) is 0 Å². The van der Waals surface area contributed by atoms with Gasteiger partial charge >= 0.3 is 50.0 Å². The Bertz CT molecular complexity index is 45.3. The summed E-state index contributed by atoms with van der Waals surface area (Å²) in [5, 5.41) is 10.3. The Hall–Kier alpha value is 0.219. The first-order valence-corrected chi connectivity index (χ1v) is 4.63. The number of hydrogen-bond acceptors (Lipinski definition) is 1. The summed E-state index contributed by atoms with van der Waals surface area (Å²) in [7, 11) is 0. The summed E-state index contributed by atoms with van der Waals surface area (Å²) >= 11 is 0.608. The summed E-state index contributed by atoms with van der Waals surface area (Å²) in [6.07, 6.45) is 1.90. The second-order valence-electron chi connectivity index (χ2n) is 1.09. The summed E-state index contributed by atoms with van der Waals surface area (Å²) in [6, 6.07) is 0. The molecule has 0 aliphatic rings. The monoisotopic (exact) mass is 166 g/mol. The number of aliphatic hydroxyl groups is 1. The fraction of sp³-hybridized carbons (Fsp3) is 0.600. The molecule has 0 aliphatic heterocycles. The van der Waals surface area contributed by atoms with E-state index >= 15 is 0 Å². The molecule has 0 aromatic rings. The van der Waals surface area contributed by atoms with Gasteiger partial charge in [-0.05, 0) is 0 Å². The van der Waals surface area contributed by atoms with Crippen molar-refractivity contribution in [2.75, 3.05) is 6.61 Å². The van der Waals surface area contributed by atoms with Crippen molar-refractivity contribution < 1.29 is 5.11 Å². The van der Waals surface area contributed by atoms with E-state index in [-0.39, 0.29) is 0 Å². The van der Waals surface area contributed by atoms with Crippen LogP contribution in [0.25, 0.3) is 0 Å². The van der Waals surface area contributed by atoms with Crippen molar-refractivity contribution in [3.05, 3.63) is 12.7 Å². The third kappa shape index (κ3) is 6.22. The maximum absolute atomic E-state index is 8.27. The SMILES string of the molecule is C=CC[Se]CCO. The Morgan fingerprint density at radius 2 is 2.43 bits per heavy atom. The molecule has 42 valence electrons. The van der Waals surface area contributed by atoms with Crippen LogP contribution in [0.1, 0.15) is 0 Å². The summed E-state index contributed by atoms with van der Waals surface area (Å²) in [4.78, 5) is 0. The van der Waals surface area contributed by atoms with Crippen LogP contribution in [-0.4, -0.2) is 26.7 Å². The molecule has 0 fully saturated rings. The van der Waals surface area contributed by atoms with Gasteiger partial charge in [0.25, 0.3) is 0 Å². The van der Waals surface area contributed by atoms with Gasteiger partial charge in [-0.3, -0.25) is 0 Å². The molecule has 0 aromatic heterocycles. The molecule has 7 heavy (non-hydrogen) atoms. The van der Waals surface area contributed by atoms with Crippen molar-refractivity contribution in [2.45, 2.75) is 10.6 Å². The van der Waals surface area contributed by atoms with E-state index in [2.05, 4.69) is 6.58 Å². The summed E-state index contributed by atoms with van der Waals surface area (Å²) in [5.74, 6) is 0. The van der Waals surface area contributed by atoms with Gasteiger partial charge in [0.15, 0.2) is 0 Å². The molecule has 1 N–H and O–H groups in total. The third-order valence-electron chi connectivity index (χ3n) is 0.471. The fourth-order valence-electron chi connectivity index (χ4n) is 0.231. The standard InChI is InChI=1S/C5H10OSe/c1-2-4-7-5-3-6/h2,6H,1,3-5H2. The Morgan fingerprint density at radius 3 is 2.86 bits per heavy atom. The zero-order valence-electron chi connectivity index (χ0n) is 4.26. The molecule has 0 saturated heterocycles. The zero-order valence-corrected chi connectivity index (χ0v) is 5.97. The van der Waals surface area contributed by atoms with Gasteiger partial charge < -0.3 is 0 Å². The van der Waals surface area contributed by atoms with Gasteiger partial charge in [-0.1, -0.05) is 0 Å². The van der Waals surface area contributed by atoms with Crippen LogP contribution in [0.5, 0.6) is 0 Å². The first-order valence-electron chi connectivity index (χ1n) is 2.21. The first kappa shape index (κ1) is 7.22. The number of hydrogen-bond donors (Lipinski definition) is 1. The van der Waals surface area contributed by atoms with Crippen molar-refractivity contribution in [3.63, 3.8) is 0 Å². The topological polar surface area (TPSA) is 20.2 Å². The molecule has 0 atom stereocenters. The van der Waals surface area contributed by atoms with E-state index in [1.807, 2.05) is 6.08 Å². The van der Waals surface area contributed by atoms with Gasteiger partial charge in [0.2, 0.25) is 0 Å². The molecular weight excluding hydrogens is 155 g/mol. The molecule has 0 radical (unpaired) electrons. The molecule has 0 aromatic carbocycles. The minimum atomic E-state index is 0.341. The van der Waals surface area contributed by atoms with E-state index in [4.69, 9.17) is 5.11 Å². The minimum absolute atomic E-state index is 0.341. The molecule has 0 amide bonds. The second-order valence-corrected chi connectivity index (χ2v) is 3.50. The van der Waals surface area contributed by atoms with Crippen LogP contribution in [-0.2, 0) is 0 Å². The normalized spacial score (nSPS) is 8.71. The molecule has 0 rings (SSSR count). The summed E-state index contributed by atoms with van der Waals surface area (Å²) < 4.78 is 0. The predicted octanol–water partition coefficient (Wildman–Crippen LogP) is 0.705. The van der Waals surface area contributed by atoms with Gasteiger partial charge in [0.1, 0.15) is 0 Å². The predicted molar refractivity (Wildman–Crippen MR) is 32.7 cm³/mol. The van der Waals surface area contributed by atoms with Gasteiger partial charge in [-0.25, -0.2) is 0 Å². The first-order chi connectivity index (χ1) is 3.41. The molecule has 0 aliphatic carbocycles. The van der Waals surface area contributed by atoms with Crippen LogP contribution >= 0.6 is 0 Å². The van der Waals surface area contributed by atoms with Gasteiger partial charge in [0, 0.05) is 0 Å². The van der Waals surface area contributed by atoms with Gasteiger partial charge in [0.05, 0.1) is 0 Å². The molecule has 1 nitrogen and oxygen atoms in total. The van der Waals surface area contributed by atoms with Crippen molar-refractivity contribution in [1.29, 1.82) is 0 Å². The fourth-order valence-corrected chi connectivity index (χ4v) is 1.20. The van der Waals surface area contributed by atoms with Crippen LogP contribution in [0.15, 0.2) is 12.7 Å². The van der Waals surface area contributed by atoms with Crippen LogP contribution in [0.2, 0.25) is 10.6 Å². The second kappa shape index (κ2) is 6.22. The van der Waals surface area contributed by atoms with Crippen molar-refractivity contribution in [3.8, 4) is 0 Å². The van der Waals surface area contributed by atoms with Crippen molar-refractivity contribution >= 4 is 15.0 Å². The molecule has 0 heterocycles. The summed E-state index contributed by atoms with van der Waals surface area (Å²) in [6.45, 7) is 3.91. The van der Waals surface area contributed by atoms with Gasteiger partial charge in [-0.2, -0.15) is 0 Å². The van der Waals surface area contributed by atoms with Gasteiger partial charge in [-0.15, -0.1) is 0 Å². The number of allylic oxidation sites excluding steroid dienone is 1. The van der Waals surface area contributed by atoms with Crippen LogP contribution in [0, 0.1) is 0 Å². The Labute approximate surface area is 50.6 Å². The maximum atomic E-state index is 8.27. The molecule has 0 saturated carbocycles. The Kier molecular flexibility index (Phi) is 6.41. The van der Waals surface area contributed by atoms with Crippen molar-refractivity contribution in [1.82, 2.24) is 0 Å². The molecule has 0 unspecified atom stereocenters. The zero-order chi connectivity index (χ0) is 5.54. The van der Waals surface area contributed by atoms with E-state index in [9.17, 15) is 0 Å². The number of aliphatic hydroxyl groups excluding tert-OH is 1. The van der Waals surface area contributed by atoms with E-state index in [0.29, 0.717) is 21.6 Å². The van der Waals surface area contributed by atoms with E-state index < -0.39 is 0 Å². The Balaban J connectivity index is 2.56. The number of rotatable bonds is 4. The van der Waals surface area contributed by atoms with Crippen molar-refractivity contribution in [2.24, 2.45) is 0 Å². The molecule has 0 bridgehead atoms. The average Bonchev–Trinajstić information content (AvgIpc) is 1.69. The van der Waals surface area contributed by atoms with Crippen LogP contribution in [0.3, 0.4) is 0 Å². The summed E-state index contributed by atoms with van der Waals surface area (Å²) in [5.41, 5.74) is 0. The third-order valence-corrected chi connectivity index (χ3v) is 2.45. The quantitative estimate of drug-likeness (QED) is 0.369.